The summed E-state index contributed by atoms with van der Waals surface area (Å²) in [5, 5.41) is 3.03. The maximum atomic E-state index is 12.7. The average molecular weight is 353 g/mol. The van der Waals surface area contributed by atoms with E-state index < -0.39 is 0 Å². The third kappa shape index (κ3) is 3.84. The van der Waals surface area contributed by atoms with E-state index in [2.05, 4.69) is 26.1 Å². The molecule has 2 aliphatic rings. The minimum absolute atomic E-state index is 0.0976. The van der Waals surface area contributed by atoms with Gasteiger partial charge in [-0.1, -0.05) is 12.8 Å². The molecule has 2 fully saturated rings. The second-order valence-corrected chi connectivity index (χ2v) is 6.85. The second-order valence-electron chi connectivity index (χ2n) is 6.85. The van der Waals surface area contributed by atoms with Crippen LogP contribution in [0.4, 0.5) is 0 Å². The van der Waals surface area contributed by atoms with E-state index in [-0.39, 0.29) is 18.0 Å². The third-order valence-electron chi connectivity index (χ3n) is 5.07. The highest BCUT2D eigenvalue weighted by atomic mass is 16.5. The quantitative estimate of drug-likeness (QED) is 0.765. The Balaban J connectivity index is 1.40. The largest absolute Gasteiger partial charge is 0.437 e. The van der Waals surface area contributed by atoms with Crippen LogP contribution in [-0.4, -0.2) is 28.1 Å². The molecule has 1 aliphatic carbocycles. The molecule has 4 rings (SSSR count). The van der Waals surface area contributed by atoms with Crippen LogP contribution in [0.15, 0.2) is 42.9 Å². The summed E-state index contributed by atoms with van der Waals surface area (Å²) in [6.07, 6.45) is 10.8. The fourth-order valence-corrected chi connectivity index (χ4v) is 3.74. The number of carbonyl (C=O) groups excluding carboxylic acids is 1. The number of hydrogen-bond donors (Lipinski definition) is 3. The molecule has 7 nitrogen and oxygen atoms in total. The first-order valence-corrected chi connectivity index (χ1v) is 9.14. The molecule has 0 bridgehead atoms. The Morgan fingerprint density at radius 1 is 1.15 bits per heavy atom. The molecule has 0 spiro atoms. The molecule has 2 unspecified atom stereocenters. The number of aromatic nitrogens is 2. The number of nitrogens with one attached hydrogen (secondary N) is 3. The summed E-state index contributed by atoms with van der Waals surface area (Å²) in [5.41, 5.74) is 6.95. The van der Waals surface area contributed by atoms with E-state index in [9.17, 15) is 4.79 Å². The van der Waals surface area contributed by atoms with Gasteiger partial charge in [-0.3, -0.25) is 15.2 Å². The Hall–Kier alpha value is -2.51. The highest BCUT2D eigenvalue weighted by molar-refractivity contribution is 5.96. The van der Waals surface area contributed by atoms with Crippen LogP contribution in [0.2, 0.25) is 0 Å². The minimum Gasteiger partial charge on any atom is -0.437 e. The summed E-state index contributed by atoms with van der Waals surface area (Å²) in [7, 11) is 0. The Morgan fingerprint density at radius 3 is 2.81 bits per heavy atom. The van der Waals surface area contributed by atoms with Crippen LogP contribution in [0.25, 0.3) is 0 Å². The van der Waals surface area contributed by atoms with E-state index in [1.54, 1.807) is 42.9 Å². The molecule has 1 saturated heterocycles. The van der Waals surface area contributed by atoms with E-state index >= 15 is 0 Å². The normalized spacial score (nSPS) is 23.1. The van der Waals surface area contributed by atoms with Gasteiger partial charge in [-0.2, -0.15) is 0 Å². The lowest BCUT2D eigenvalue weighted by atomic mass is 9.96. The van der Waals surface area contributed by atoms with Crippen molar-refractivity contribution in [1.82, 2.24) is 26.1 Å². The van der Waals surface area contributed by atoms with Gasteiger partial charge < -0.3 is 10.1 Å². The Bertz CT molecular complexity index is 749. The molecule has 3 N–H and O–H groups in total. The van der Waals surface area contributed by atoms with E-state index in [4.69, 9.17) is 4.74 Å². The van der Waals surface area contributed by atoms with Gasteiger partial charge >= 0.3 is 0 Å². The third-order valence-corrected chi connectivity index (χ3v) is 5.07. The fraction of sp³-hybridized carbons (Fsp3) is 0.421. The van der Waals surface area contributed by atoms with Gasteiger partial charge in [0.1, 0.15) is 11.3 Å². The monoisotopic (exact) mass is 353 g/mol. The standard InChI is InChI=1S/C19H23N5O2/c25-18(22-17-11-16(23-24-17)13-5-1-2-6-13)15-8-4-10-21-19(15)26-14-7-3-9-20-12-14/h3-4,7-10,12-13,16-17,23-24H,1-2,5-6,11H2,(H,22,25). The molecule has 0 radical (unpaired) electrons. The lowest BCUT2D eigenvalue weighted by Gasteiger charge is -2.17. The van der Waals surface area contributed by atoms with Crippen molar-refractivity contribution in [2.75, 3.05) is 0 Å². The molecule has 0 aromatic carbocycles. The second kappa shape index (κ2) is 7.80. The van der Waals surface area contributed by atoms with Crippen molar-refractivity contribution in [1.29, 1.82) is 0 Å². The van der Waals surface area contributed by atoms with Crippen molar-refractivity contribution in [3.63, 3.8) is 0 Å². The maximum absolute atomic E-state index is 12.7. The molecule has 1 saturated carbocycles. The Morgan fingerprint density at radius 2 is 2.00 bits per heavy atom. The predicted molar refractivity (Wildman–Crippen MR) is 96.4 cm³/mol. The topological polar surface area (TPSA) is 88.2 Å². The van der Waals surface area contributed by atoms with Crippen molar-refractivity contribution >= 4 is 5.91 Å². The summed E-state index contributed by atoms with van der Waals surface area (Å²) < 4.78 is 5.73. The molecular formula is C19H23N5O2. The number of hydrazine groups is 1. The van der Waals surface area contributed by atoms with Crippen molar-refractivity contribution in [3.8, 4) is 11.6 Å². The first-order chi connectivity index (χ1) is 12.8. The van der Waals surface area contributed by atoms with Crippen LogP contribution < -0.4 is 20.9 Å². The molecule has 2 aromatic heterocycles. The van der Waals surface area contributed by atoms with E-state index in [1.807, 2.05) is 0 Å². The number of rotatable bonds is 5. The lowest BCUT2D eigenvalue weighted by molar-refractivity contribution is 0.0929. The zero-order valence-corrected chi connectivity index (χ0v) is 14.5. The van der Waals surface area contributed by atoms with Crippen LogP contribution in [0.5, 0.6) is 11.6 Å². The van der Waals surface area contributed by atoms with Crippen molar-refractivity contribution in [2.45, 2.75) is 44.3 Å². The molecule has 1 amide bonds. The first-order valence-electron chi connectivity index (χ1n) is 9.14. The Labute approximate surface area is 152 Å². The van der Waals surface area contributed by atoms with Crippen molar-refractivity contribution in [3.05, 3.63) is 48.4 Å². The van der Waals surface area contributed by atoms with Crippen LogP contribution in [0, 0.1) is 5.92 Å². The molecule has 2 aromatic rings. The minimum atomic E-state index is -0.205. The number of carbonyl (C=O) groups is 1. The van der Waals surface area contributed by atoms with Gasteiger partial charge in [0, 0.05) is 18.4 Å². The summed E-state index contributed by atoms with van der Waals surface area (Å²) in [4.78, 5) is 20.9. The highest BCUT2D eigenvalue weighted by Gasteiger charge is 2.33. The number of nitrogens with zero attached hydrogens (tertiary/aromatic N) is 2. The van der Waals surface area contributed by atoms with Gasteiger partial charge in [0.15, 0.2) is 0 Å². The van der Waals surface area contributed by atoms with Gasteiger partial charge in [0.2, 0.25) is 5.88 Å². The van der Waals surface area contributed by atoms with Crippen LogP contribution in [0.3, 0.4) is 0 Å². The van der Waals surface area contributed by atoms with E-state index in [0.29, 0.717) is 23.3 Å². The molecular weight excluding hydrogens is 330 g/mol. The van der Waals surface area contributed by atoms with Gasteiger partial charge in [-0.25, -0.2) is 10.4 Å². The molecule has 3 heterocycles. The summed E-state index contributed by atoms with van der Waals surface area (Å²) in [6.45, 7) is 0. The molecule has 2 atom stereocenters. The summed E-state index contributed by atoms with van der Waals surface area (Å²) in [6, 6.07) is 7.41. The maximum Gasteiger partial charge on any atom is 0.258 e. The molecule has 26 heavy (non-hydrogen) atoms. The van der Waals surface area contributed by atoms with Gasteiger partial charge in [-0.15, -0.1) is 0 Å². The van der Waals surface area contributed by atoms with Crippen molar-refractivity contribution in [2.24, 2.45) is 5.92 Å². The predicted octanol–water partition coefficient (Wildman–Crippen LogP) is 2.38. The highest BCUT2D eigenvalue weighted by Crippen LogP contribution is 2.30. The zero-order valence-electron chi connectivity index (χ0n) is 14.5. The zero-order chi connectivity index (χ0) is 17.8. The number of hydrogen-bond acceptors (Lipinski definition) is 6. The number of ether oxygens (including phenoxy) is 1. The lowest BCUT2D eigenvalue weighted by Crippen LogP contribution is -2.44. The van der Waals surface area contributed by atoms with Crippen LogP contribution in [-0.2, 0) is 0 Å². The fourth-order valence-electron chi connectivity index (χ4n) is 3.74. The van der Waals surface area contributed by atoms with E-state index in [0.717, 1.165) is 6.42 Å². The van der Waals surface area contributed by atoms with Gasteiger partial charge in [0.05, 0.1) is 12.4 Å². The molecule has 1 aliphatic heterocycles. The SMILES string of the molecule is O=C(NC1CC(C2CCCC2)NN1)c1cccnc1Oc1cccnc1. The molecule has 7 heteroatoms. The van der Waals surface area contributed by atoms with E-state index in [1.165, 1.54) is 25.7 Å². The van der Waals surface area contributed by atoms with Crippen molar-refractivity contribution < 1.29 is 9.53 Å². The number of pyridine rings is 2. The molecule has 136 valence electrons. The average Bonchev–Trinajstić information content (AvgIpc) is 3.34. The van der Waals surface area contributed by atoms with Gasteiger partial charge in [0.25, 0.3) is 5.91 Å². The van der Waals surface area contributed by atoms with Crippen LogP contribution >= 0.6 is 0 Å². The summed E-state index contributed by atoms with van der Waals surface area (Å²) in [5.74, 6) is 1.31. The summed E-state index contributed by atoms with van der Waals surface area (Å²) >= 11 is 0. The Kier molecular flexibility index (Phi) is 5.08. The van der Waals surface area contributed by atoms with Crippen LogP contribution in [0.1, 0.15) is 42.5 Å². The number of amides is 1. The smallest absolute Gasteiger partial charge is 0.258 e. The first kappa shape index (κ1) is 16.9. The van der Waals surface area contributed by atoms with Gasteiger partial charge in [-0.05, 0) is 49.4 Å².